The van der Waals surface area contributed by atoms with Crippen molar-refractivity contribution in [2.24, 2.45) is 0 Å². The van der Waals surface area contributed by atoms with Crippen LogP contribution in [0.3, 0.4) is 0 Å². The number of hydrogen-bond donors (Lipinski definition) is 1. The van der Waals surface area contributed by atoms with Crippen molar-refractivity contribution in [1.29, 1.82) is 0 Å². The highest BCUT2D eigenvalue weighted by atomic mass is 32.2. The van der Waals surface area contributed by atoms with Crippen LogP contribution < -0.4 is 10.6 Å². The summed E-state index contributed by atoms with van der Waals surface area (Å²) < 4.78 is 5.34. The lowest BCUT2D eigenvalue weighted by atomic mass is 10.3. The molecule has 1 aromatic heterocycles. The van der Waals surface area contributed by atoms with E-state index in [0.29, 0.717) is 23.9 Å². The van der Waals surface area contributed by atoms with E-state index in [9.17, 15) is 4.79 Å². The quantitative estimate of drug-likeness (QED) is 0.878. The van der Waals surface area contributed by atoms with Gasteiger partial charge in [-0.3, -0.25) is 4.79 Å². The van der Waals surface area contributed by atoms with Crippen molar-refractivity contribution in [1.82, 2.24) is 9.88 Å². The second kappa shape index (κ2) is 6.41. The van der Waals surface area contributed by atoms with Gasteiger partial charge in [-0.2, -0.15) is 11.8 Å². The largest absolute Gasteiger partial charge is 0.382 e. The van der Waals surface area contributed by atoms with Gasteiger partial charge in [-0.1, -0.05) is 11.3 Å². The van der Waals surface area contributed by atoms with E-state index >= 15 is 0 Å². The molecule has 3 heterocycles. The molecular formula is C13H20N4O2S2. The van der Waals surface area contributed by atoms with Gasteiger partial charge in [-0.25, -0.2) is 4.98 Å². The number of nitrogen functional groups attached to an aromatic ring is 1. The van der Waals surface area contributed by atoms with Crippen molar-refractivity contribution in [2.75, 3.05) is 55.0 Å². The molecule has 0 radical (unpaired) electrons. The molecule has 0 aliphatic carbocycles. The van der Waals surface area contributed by atoms with Crippen molar-refractivity contribution in [3.8, 4) is 0 Å². The van der Waals surface area contributed by atoms with Gasteiger partial charge >= 0.3 is 0 Å². The highest BCUT2D eigenvalue weighted by Crippen LogP contribution is 2.31. The van der Waals surface area contributed by atoms with Crippen LogP contribution in [0.5, 0.6) is 0 Å². The fourth-order valence-electron chi connectivity index (χ4n) is 2.52. The summed E-state index contributed by atoms with van der Waals surface area (Å²) in [7, 11) is 0. The van der Waals surface area contributed by atoms with Crippen molar-refractivity contribution >= 4 is 40.0 Å². The van der Waals surface area contributed by atoms with Gasteiger partial charge in [0.05, 0.1) is 13.2 Å². The van der Waals surface area contributed by atoms with Crippen LogP contribution in [0.1, 0.15) is 16.6 Å². The Labute approximate surface area is 132 Å². The predicted octanol–water partition coefficient (Wildman–Crippen LogP) is 1.14. The van der Waals surface area contributed by atoms with Crippen LogP contribution in [0.25, 0.3) is 0 Å². The van der Waals surface area contributed by atoms with Gasteiger partial charge in [0.1, 0.15) is 10.7 Å². The Morgan fingerprint density at radius 2 is 2.14 bits per heavy atom. The van der Waals surface area contributed by atoms with Gasteiger partial charge in [0.15, 0.2) is 5.13 Å². The van der Waals surface area contributed by atoms with Gasteiger partial charge in [0.25, 0.3) is 5.91 Å². The minimum absolute atomic E-state index is 0.0253. The SMILES string of the molecule is CC1CSCCN1C(=O)c1sc(N2CCOCC2)nc1N. The molecule has 0 saturated carbocycles. The molecule has 0 bridgehead atoms. The van der Waals surface area contributed by atoms with E-state index in [1.54, 1.807) is 0 Å². The molecule has 116 valence electrons. The summed E-state index contributed by atoms with van der Waals surface area (Å²) in [5, 5.41) is 0.832. The maximum atomic E-state index is 12.7. The highest BCUT2D eigenvalue weighted by Gasteiger charge is 2.29. The molecule has 0 spiro atoms. The van der Waals surface area contributed by atoms with Crippen LogP contribution in [0, 0.1) is 0 Å². The Kier molecular flexibility index (Phi) is 4.56. The maximum absolute atomic E-state index is 12.7. The van der Waals surface area contributed by atoms with Crippen LogP contribution in [-0.4, -0.2) is 66.2 Å². The topological polar surface area (TPSA) is 71.7 Å². The van der Waals surface area contributed by atoms with Crippen LogP contribution in [-0.2, 0) is 4.74 Å². The number of ether oxygens (including phenoxy) is 1. The molecule has 0 aromatic carbocycles. The molecule has 1 aromatic rings. The van der Waals surface area contributed by atoms with Gasteiger partial charge < -0.3 is 20.3 Å². The number of nitrogens with zero attached hydrogens (tertiary/aromatic N) is 3. The van der Waals surface area contributed by atoms with E-state index in [1.807, 2.05) is 16.7 Å². The van der Waals surface area contributed by atoms with Crippen molar-refractivity contribution in [3.63, 3.8) is 0 Å². The predicted molar refractivity (Wildman–Crippen MR) is 87.4 cm³/mol. The first-order valence-electron chi connectivity index (χ1n) is 7.14. The van der Waals surface area contributed by atoms with Gasteiger partial charge in [0, 0.05) is 37.2 Å². The number of nitrogens with two attached hydrogens (primary N) is 1. The van der Waals surface area contributed by atoms with Crippen LogP contribution in [0.2, 0.25) is 0 Å². The summed E-state index contributed by atoms with van der Waals surface area (Å²) in [6.07, 6.45) is 0. The number of morpholine rings is 1. The fourth-order valence-corrected chi connectivity index (χ4v) is 4.53. The zero-order valence-corrected chi connectivity index (χ0v) is 13.7. The summed E-state index contributed by atoms with van der Waals surface area (Å²) in [6.45, 7) is 5.88. The van der Waals surface area contributed by atoms with Gasteiger partial charge in [-0.05, 0) is 6.92 Å². The number of aromatic nitrogens is 1. The summed E-state index contributed by atoms with van der Waals surface area (Å²) in [4.78, 5) is 21.7. The molecule has 2 saturated heterocycles. The molecule has 1 amide bonds. The van der Waals surface area contributed by atoms with Crippen molar-refractivity contribution in [3.05, 3.63) is 4.88 Å². The number of carbonyl (C=O) groups excluding carboxylic acids is 1. The standard InChI is InChI=1S/C13H20N4O2S2/c1-9-8-20-7-4-17(9)12(18)10-11(14)15-13(21-10)16-2-5-19-6-3-16/h9H,2-8,14H2,1H3. The minimum atomic E-state index is 0.0253. The second-order valence-corrected chi connectivity index (χ2v) is 7.36. The lowest BCUT2D eigenvalue weighted by Gasteiger charge is -2.32. The molecule has 6 nitrogen and oxygen atoms in total. The average Bonchev–Trinajstić information content (AvgIpc) is 2.90. The number of amides is 1. The maximum Gasteiger partial charge on any atom is 0.268 e. The van der Waals surface area contributed by atoms with Gasteiger partial charge in [0.2, 0.25) is 0 Å². The summed E-state index contributed by atoms with van der Waals surface area (Å²) in [6, 6.07) is 0.254. The first-order chi connectivity index (χ1) is 10.2. The van der Waals surface area contributed by atoms with E-state index in [-0.39, 0.29) is 11.9 Å². The second-order valence-electron chi connectivity index (χ2n) is 5.23. The third-order valence-corrected chi connectivity index (χ3v) is 6.06. The third kappa shape index (κ3) is 3.12. The first kappa shape index (κ1) is 14.9. The normalized spacial score (nSPS) is 23.4. The van der Waals surface area contributed by atoms with E-state index < -0.39 is 0 Å². The van der Waals surface area contributed by atoms with Crippen LogP contribution in [0.4, 0.5) is 10.9 Å². The summed E-state index contributed by atoms with van der Waals surface area (Å²) in [5.74, 6) is 2.36. The molecule has 8 heteroatoms. The molecule has 1 atom stereocenters. The van der Waals surface area contributed by atoms with E-state index in [0.717, 1.165) is 36.3 Å². The van der Waals surface area contributed by atoms with E-state index in [1.165, 1.54) is 11.3 Å². The Morgan fingerprint density at radius 3 is 2.86 bits per heavy atom. The Hall–Kier alpha value is -0.990. The number of carbonyl (C=O) groups is 1. The number of hydrogen-bond acceptors (Lipinski definition) is 7. The number of anilines is 2. The fraction of sp³-hybridized carbons (Fsp3) is 0.692. The van der Waals surface area contributed by atoms with Crippen LogP contribution >= 0.6 is 23.1 Å². The zero-order valence-electron chi connectivity index (χ0n) is 12.1. The monoisotopic (exact) mass is 328 g/mol. The minimum Gasteiger partial charge on any atom is -0.382 e. The Balaban J connectivity index is 1.78. The van der Waals surface area contributed by atoms with E-state index in [4.69, 9.17) is 10.5 Å². The van der Waals surface area contributed by atoms with E-state index in [2.05, 4.69) is 16.8 Å². The number of rotatable bonds is 2. The third-order valence-electron chi connectivity index (χ3n) is 3.75. The molecule has 2 aliphatic rings. The molecule has 2 fully saturated rings. The summed E-state index contributed by atoms with van der Waals surface area (Å²) >= 11 is 3.30. The summed E-state index contributed by atoms with van der Waals surface area (Å²) in [5.41, 5.74) is 5.99. The Bertz CT molecular complexity index is 516. The molecule has 2 aliphatic heterocycles. The average molecular weight is 328 g/mol. The molecule has 2 N–H and O–H groups in total. The molecule has 21 heavy (non-hydrogen) atoms. The lowest BCUT2D eigenvalue weighted by Crippen LogP contribution is -2.44. The molecule has 3 rings (SSSR count). The lowest BCUT2D eigenvalue weighted by molar-refractivity contribution is 0.0722. The number of thiazole rings is 1. The number of thioether (sulfide) groups is 1. The first-order valence-corrected chi connectivity index (χ1v) is 9.11. The molecular weight excluding hydrogens is 308 g/mol. The molecule has 1 unspecified atom stereocenters. The van der Waals surface area contributed by atoms with Crippen molar-refractivity contribution < 1.29 is 9.53 Å². The smallest absolute Gasteiger partial charge is 0.268 e. The Morgan fingerprint density at radius 1 is 1.38 bits per heavy atom. The van der Waals surface area contributed by atoms with Crippen molar-refractivity contribution in [2.45, 2.75) is 13.0 Å². The zero-order chi connectivity index (χ0) is 14.8. The van der Waals surface area contributed by atoms with Gasteiger partial charge in [-0.15, -0.1) is 0 Å². The highest BCUT2D eigenvalue weighted by molar-refractivity contribution is 7.99. The van der Waals surface area contributed by atoms with Crippen LogP contribution in [0.15, 0.2) is 0 Å².